The van der Waals surface area contributed by atoms with Crippen molar-refractivity contribution in [2.75, 3.05) is 12.4 Å². The number of carbonyl (C=O) groups is 2. The highest BCUT2D eigenvalue weighted by atomic mass is 16.5. The largest absolute Gasteiger partial charge is 0.504 e. The lowest BCUT2D eigenvalue weighted by molar-refractivity contribution is -0.118. The fraction of sp³-hybridized carbons (Fsp3) is 0.222. The van der Waals surface area contributed by atoms with Crippen molar-refractivity contribution in [3.05, 3.63) is 41.7 Å². The van der Waals surface area contributed by atoms with Crippen LogP contribution in [0, 0.1) is 11.3 Å². The minimum absolute atomic E-state index is 0.167. The number of carbonyl (C=O) groups excluding carboxylic acids is 2. The SMILES string of the molecule is COC=CC(=O)c1cc2cnc3c(=N)cc(NC(=O)C(C)C)c([nH]1)c23. The Morgan fingerprint density at radius 3 is 2.80 bits per heavy atom. The average molecular weight is 338 g/mol. The summed E-state index contributed by atoms with van der Waals surface area (Å²) in [6.45, 7) is 3.57. The van der Waals surface area contributed by atoms with E-state index >= 15 is 0 Å². The maximum Gasteiger partial charge on any atom is 0.226 e. The molecule has 3 N–H and O–H groups in total. The summed E-state index contributed by atoms with van der Waals surface area (Å²) in [7, 11) is 1.46. The first-order valence-corrected chi connectivity index (χ1v) is 7.79. The maximum absolute atomic E-state index is 12.3. The van der Waals surface area contributed by atoms with Crippen LogP contribution in [0.1, 0.15) is 24.3 Å². The van der Waals surface area contributed by atoms with Gasteiger partial charge in [0.15, 0.2) is 0 Å². The zero-order chi connectivity index (χ0) is 18.1. The Morgan fingerprint density at radius 1 is 1.36 bits per heavy atom. The van der Waals surface area contributed by atoms with Crippen molar-refractivity contribution in [2.24, 2.45) is 5.92 Å². The molecule has 0 radical (unpaired) electrons. The van der Waals surface area contributed by atoms with Gasteiger partial charge in [0.25, 0.3) is 0 Å². The molecule has 7 heteroatoms. The van der Waals surface area contributed by atoms with Gasteiger partial charge in [-0.25, -0.2) is 0 Å². The monoisotopic (exact) mass is 338 g/mol. The summed E-state index contributed by atoms with van der Waals surface area (Å²) in [5.74, 6) is -0.642. The number of ether oxygens (including phenoxy) is 1. The molecule has 3 rings (SSSR count). The van der Waals surface area contributed by atoms with Crippen molar-refractivity contribution in [1.82, 2.24) is 9.97 Å². The highest BCUT2D eigenvalue weighted by Crippen LogP contribution is 2.29. The number of aromatic amines is 1. The molecule has 2 heterocycles. The van der Waals surface area contributed by atoms with Crippen molar-refractivity contribution in [1.29, 1.82) is 5.41 Å². The fourth-order valence-corrected chi connectivity index (χ4v) is 2.58. The minimum atomic E-state index is -0.266. The van der Waals surface area contributed by atoms with E-state index in [4.69, 9.17) is 10.1 Å². The minimum Gasteiger partial charge on any atom is -0.504 e. The summed E-state index contributed by atoms with van der Waals surface area (Å²) < 4.78 is 4.78. The van der Waals surface area contributed by atoms with Crippen molar-refractivity contribution >= 4 is 39.2 Å². The van der Waals surface area contributed by atoms with Gasteiger partial charge in [0.2, 0.25) is 11.7 Å². The lowest BCUT2D eigenvalue weighted by Gasteiger charge is -2.12. The van der Waals surface area contributed by atoms with Crippen LogP contribution in [0.25, 0.3) is 21.8 Å². The first-order chi connectivity index (χ1) is 11.9. The Kier molecular flexibility index (Phi) is 4.22. The summed E-state index contributed by atoms with van der Waals surface area (Å²) in [4.78, 5) is 31.7. The van der Waals surface area contributed by atoms with E-state index in [0.717, 1.165) is 10.8 Å². The van der Waals surface area contributed by atoms with Gasteiger partial charge < -0.3 is 15.0 Å². The smallest absolute Gasteiger partial charge is 0.226 e. The van der Waals surface area contributed by atoms with Crippen LogP contribution in [0.4, 0.5) is 5.69 Å². The van der Waals surface area contributed by atoms with Gasteiger partial charge >= 0.3 is 0 Å². The molecule has 0 spiro atoms. The average Bonchev–Trinajstić information content (AvgIpc) is 3.01. The number of allylic oxidation sites excluding steroid dienone is 1. The predicted octanol–water partition coefficient (Wildman–Crippen LogP) is 2.57. The predicted molar refractivity (Wildman–Crippen MR) is 94.6 cm³/mol. The Morgan fingerprint density at radius 2 is 2.12 bits per heavy atom. The summed E-state index contributed by atoms with van der Waals surface area (Å²) in [5.41, 5.74) is 1.90. The molecular weight excluding hydrogens is 320 g/mol. The van der Waals surface area contributed by atoms with Gasteiger partial charge in [-0.15, -0.1) is 0 Å². The molecule has 3 aromatic rings. The Balaban J connectivity index is 2.24. The number of nitrogens with one attached hydrogen (secondary N) is 3. The lowest BCUT2D eigenvalue weighted by Crippen LogP contribution is -2.19. The molecule has 0 aliphatic heterocycles. The number of aromatic nitrogens is 2. The van der Waals surface area contributed by atoms with Gasteiger partial charge in [-0.05, 0) is 12.1 Å². The van der Waals surface area contributed by atoms with Crippen LogP contribution in [0.5, 0.6) is 0 Å². The molecule has 0 atom stereocenters. The molecule has 0 unspecified atom stereocenters. The van der Waals surface area contributed by atoms with E-state index in [1.165, 1.54) is 19.4 Å². The molecule has 0 bridgehead atoms. The van der Waals surface area contributed by atoms with Gasteiger partial charge in [-0.3, -0.25) is 20.0 Å². The van der Waals surface area contributed by atoms with Crippen LogP contribution in [0.15, 0.2) is 30.7 Å². The topological polar surface area (TPSA) is 108 Å². The van der Waals surface area contributed by atoms with Gasteiger partial charge in [0.05, 0.1) is 41.1 Å². The number of amides is 1. The highest BCUT2D eigenvalue weighted by Gasteiger charge is 2.17. The number of anilines is 1. The number of H-pyrrole nitrogens is 1. The third kappa shape index (κ3) is 2.96. The van der Waals surface area contributed by atoms with Gasteiger partial charge in [0.1, 0.15) is 0 Å². The second-order valence-electron chi connectivity index (χ2n) is 6.01. The zero-order valence-electron chi connectivity index (χ0n) is 14.1. The maximum atomic E-state index is 12.3. The number of rotatable bonds is 5. The van der Waals surface area contributed by atoms with E-state index in [2.05, 4.69) is 15.3 Å². The van der Waals surface area contributed by atoms with E-state index in [1.807, 2.05) is 0 Å². The summed E-state index contributed by atoms with van der Waals surface area (Å²) in [6.07, 6.45) is 4.23. The third-order valence-electron chi connectivity index (χ3n) is 3.88. The normalized spacial score (nSPS) is 11.7. The number of hydrogen-bond acceptors (Lipinski definition) is 5. The molecule has 0 aliphatic rings. The van der Waals surface area contributed by atoms with Crippen LogP contribution >= 0.6 is 0 Å². The number of nitrogens with zero attached hydrogens (tertiary/aromatic N) is 1. The zero-order valence-corrected chi connectivity index (χ0v) is 14.1. The second-order valence-corrected chi connectivity index (χ2v) is 6.01. The number of hydrogen-bond donors (Lipinski definition) is 3. The highest BCUT2D eigenvalue weighted by molar-refractivity contribution is 6.16. The Bertz CT molecular complexity index is 1050. The number of benzene rings is 1. The molecule has 2 aromatic heterocycles. The van der Waals surface area contributed by atoms with Crippen molar-refractivity contribution < 1.29 is 14.3 Å². The molecule has 0 saturated carbocycles. The van der Waals surface area contributed by atoms with E-state index in [1.54, 1.807) is 32.2 Å². The molecule has 1 amide bonds. The molecule has 25 heavy (non-hydrogen) atoms. The quantitative estimate of drug-likeness (QED) is 0.377. The number of pyridine rings is 1. The van der Waals surface area contributed by atoms with Gasteiger partial charge in [0, 0.05) is 29.0 Å². The molecule has 128 valence electrons. The van der Waals surface area contributed by atoms with Gasteiger partial charge in [-0.1, -0.05) is 13.8 Å². The Hall–Kier alpha value is -3.22. The molecule has 0 saturated heterocycles. The lowest BCUT2D eigenvalue weighted by atomic mass is 10.1. The second kappa shape index (κ2) is 6.35. The van der Waals surface area contributed by atoms with Crippen LogP contribution in [0.2, 0.25) is 0 Å². The standard InChI is InChI=1S/C18H18N4O3/c1-9(2)18(24)22-13-7-11(19)16-15-10(8-20-16)6-12(21-17(13)15)14(23)4-5-25-3/h4-9,19,21H,1-3H3,(H,22,24). The summed E-state index contributed by atoms with van der Waals surface area (Å²) in [6, 6.07) is 3.22. The molecule has 0 fully saturated rings. The van der Waals surface area contributed by atoms with Crippen LogP contribution < -0.4 is 10.7 Å². The van der Waals surface area contributed by atoms with E-state index in [0.29, 0.717) is 22.4 Å². The van der Waals surface area contributed by atoms with Crippen LogP contribution in [-0.4, -0.2) is 28.8 Å². The molecular formula is C18H18N4O3. The molecule has 7 nitrogen and oxygen atoms in total. The van der Waals surface area contributed by atoms with E-state index < -0.39 is 0 Å². The fourth-order valence-electron chi connectivity index (χ4n) is 2.58. The molecule has 0 aliphatic carbocycles. The van der Waals surface area contributed by atoms with E-state index in [9.17, 15) is 9.59 Å². The van der Waals surface area contributed by atoms with Crippen LogP contribution in [-0.2, 0) is 9.53 Å². The first kappa shape index (κ1) is 16.6. The van der Waals surface area contributed by atoms with Crippen molar-refractivity contribution in [3.8, 4) is 0 Å². The van der Waals surface area contributed by atoms with Crippen molar-refractivity contribution in [2.45, 2.75) is 13.8 Å². The van der Waals surface area contributed by atoms with Gasteiger partial charge in [-0.2, -0.15) is 0 Å². The molecule has 1 aromatic carbocycles. The number of methoxy groups -OCH3 is 1. The van der Waals surface area contributed by atoms with Crippen LogP contribution in [0.3, 0.4) is 0 Å². The number of ketones is 1. The third-order valence-corrected chi connectivity index (χ3v) is 3.88. The first-order valence-electron chi connectivity index (χ1n) is 7.79. The summed E-state index contributed by atoms with van der Waals surface area (Å²) >= 11 is 0. The van der Waals surface area contributed by atoms with E-state index in [-0.39, 0.29) is 23.0 Å². The van der Waals surface area contributed by atoms with Crippen molar-refractivity contribution in [3.63, 3.8) is 0 Å². The summed E-state index contributed by atoms with van der Waals surface area (Å²) in [5, 5.41) is 12.6. The Labute approximate surface area is 143 Å².